The van der Waals surface area contributed by atoms with Gasteiger partial charge in [-0.3, -0.25) is 0 Å². The third kappa shape index (κ3) is 2.70. The summed E-state index contributed by atoms with van der Waals surface area (Å²) < 4.78 is 14.3. The van der Waals surface area contributed by atoms with Crippen molar-refractivity contribution in [1.82, 2.24) is 0 Å². The molecule has 0 radical (unpaired) electrons. The molecule has 2 nitrogen and oxygen atoms in total. The molecular formula is C20H24AsO2+. The van der Waals surface area contributed by atoms with Crippen LogP contribution in [0.2, 0.25) is 10.4 Å². The molecule has 1 aliphatic heterocycles. The molecule has 0 aromatic heterocycles. The Morgan fingerprint density at radius 1 is 0.696 bits per heavy atom. The SMILES string of the molecule is COc1ccccc1[As+]1(c2ccccc2OC)CC(C)=C(C)C1. The van der Waals surface area contributed by atoms with Gasteiger partial charge in [-0.25, -0.2) is 0 Å². The van der Waals surface area contributed by atoms with E-state index in [0.717, 1.165) is 11.5 Å². The summed E-state index contributed by atoms with van der Waals surface area (Å²) >= 11 is -2.40. The number of allylic oxidation sites excluding steroid dienone is 2. The number of methoxy groups -OCH3 is 2. The summed E-state index contributed by atoms with van der Waals surface area (Å²) in [6, 6.07) is 17.1. The van der Waals surface area contributed by atoms with Crippen LogP contribution in [-0.2, 0) is 0 Å². The molecule has 3 rings (SSSR count). The van der Waals surface area contributed by atoms with E-state index in [0.29, 0.717) is 0 Å². The molecule has 0 N–H and O–H groups in total. The van der Waals surface area contributed by atoms with Gasteiger partial charge in [0, 0.05) is 0 Å². The molecule has 1 aliphatic rings. The van der Waals surface area contributed by atoms with Crippen LogP contribution in [0.5, 0.6) is 11.5 Å². The molecular weight excluding hydrogens is 347 g/mol. The molecule has 120 valence electrons. The Morgan fingerprint density at radius 3 is 1.48 bits per heavy atom. The van der Waals surface area contributed by atoms with Crippen LogP contribution in [0.25, 0.3) is 0 Å². The van der Waals surface area contributed by atoms with Gasteiger partial charge in [0.05, 0.1) is 0 Å². The molecule has 0 spiro atoms. The van der Waals surface area contributed by atoms with Crippen molar-refractivity contribution in [3.63, 3.8) is 0 Å². The van der Waals surface area contributed by atoms with Crippen LogP contribution in [0, 0.1) is 0 Å². The topological polar surface area (TPSA) is 18.5 Å². The van der Waals surface area contributed by atoms with Crippen molar-refractivity contribution in [2.24, 2.45) is 0 Å². The normalized spacial score (nSPS) is 16.5. The van der Waals surface area contributed by atoms with E-state index in [4.69, 9.17) is 9.47 Å². The van der Waals surface area contributed by atoms with Crippen molar-refractivity contribution < 1.29 is 9.47 Å². The maximum absolute atomic E-state index is 5.73. The van der Waals surface area contributed by atoms with Gasteiger partial charge >= 0.3 is 141 Å². The van der Waals surface area contributed by atoms with E-state index < -0.39 is 13.6 Å². The van der Waals surface area contributed by atoms with Gasteiger partial charge in [-0.15, -0.1) is 0 Å². The zero-order valence-corrected chi connectivity index (χ0v) is 16.2. The predicted molar refractivity (Wildman–Crippen MR) is 99.0 cm³/mol. The summed E-state index contributed by atoms with van der Waals surface area (Å²) in [4.78, 5) is 0. The summed E-state index contributed by atoms with van der Waals surface area (Å²) in [5.41, 5.74) is 3.07. The predicted octanol–water partition coefficient (Wildman–Crippen LogP) is 3.62. The van der Waals surface area contributed by atoms with E-state index >= 15 is 0 Å². The van der Waals surface area contributed by atoms with Crippen molar-refractivity contribution in [3.8, 4) is 11.5 Å². The second-order valence-electron chi connectivity index (χ2n) is 6.19. The number of hydrogen-bond donors (Lipinski definition) is 0. The summed E-state index contributed by atoms with van der Waals surface area (Å²) in [5.74, 6) is 2.04. The van der Waals surface area contributed by atoms with Crippen LogP contribution in [0.1, 0.15) is 13.8 Å². The van der Waals surface area contributed by atoms with Gasteiger partial charge in [-0.05, 0) is 0 Å². The third-order valence-corrected chi connectivity index (χ3v) is 14.5. The van der Waals surface area contributed by atoms with Gasteiger partial charge < -0.3 is 0 Å². The van der Waals surface area contributed by atoms with Gasteiger partial charge in [0.25, 0.3) is 0 Å². The van der Waals surface area contributed by atoms with Crippen LogP contribution in [0.3, 0.4) is 0 Å². The third-order valence-electron chi connectivity index (χ3n) is 4.84. The quantitative estimate of drug-likeness (QED) is 0.604. The summed E-state index contributed by atoms with van der Waals surface area (Å²) in [7, 11) is 3.55. The fourth-order valence-electron chi connectivity index (χ4n) is 3.57. The van der Waals surface area contributed by atoms with Gasteiger partial charge in [0.2, 0.25) is 0 Å². The van der Waals surface area contributed by atoms with E-state index in [9.17, 15) is 0 Å². The molecule has 0 aliphatic carbocycles. The first-order chi connectivity index (χ1) is 11.1. The molecule has 0 saturated heterocycles. The Labute approximate surface area is 141 Å². The van der Waals surface area contributed by atoms with Gasteiger partial charge in [0.1, 0.15) is 0 Å². The van der Waals surface area contributed by atoms with Crippen LogP contribution >= 0.6 is 0 Å². The fraction of sp³-hybridized carbons (Fsp3) is 0.300. The standard InChI is InChI=1S/C20H24AsO2/c1-15-13-21(14-16(15)2,17-9-5-7-11-19(17)22-3)18-10-6-8-12-20(18)23-4/h5-12H,13-14H2,1-4H3/q+1. The fourth-order valence-corrected chi connectivity index (χ4v) is 14.3. The van der Waals surface area contributed by atoms with Crippen LogP contribution in [-0.4, -0.2) is 27.8 Å². The van der Waals surface area contributed by atoms with Crippen molar-refractivity contribution in [3.05, 3.63) is 59.7 Å². The van der Waals surface area contributed by atoms with E-state index in [2.05, 4.69) is 62.4 Å². The molecule has 0 amide bonds. The van der Waals surface area contributed by atoms with E-state index in [1.54, 1.807) is 14.2 Å². The first-order valence-corrected chi connectivity index (χ1v) is 12.4. The van der Waals surface area contributed by atoms with Crippen molar-refractivity contribution in [2.45, 2.75) is 24.3 Å². The minimum atomic E-state index is -2.40. The summed E-state index contributed by atoms with van der Waals surface area (Å²) in [6.07, 6.45) is 0. The molecule has 0 atom stereocenters. The van der Waals surface area contributed by atoms with Crippen molar-refractivity contribution >= 4 is 22.3 Å². The van der Waals surface area contributed by atoms with Crippen LogP contribution in [0.15, 0.2) is 59.7 Å². The second kappa shape index (κ2) is 6.45. The number of hydrogen-bond acceptors (Lipinski definition) is 2. The minimum absolute atomic E-state index is 1.02. The van der Waals surface area contributed by atoms with Gasteiger partial charge in [0.15, 0.2) is 0 Å². The van der Waals surface area contributed by atoms with Gasteiger partial charge in [-0.2, -0.15) is 0 Å². The molecule has 3 heteroatoms. The Kier molecular flexibility index (Phi) is 4.54. The molecule has 23 heavy (non-hydrogen) atoms. The number of para-hydroxylation sites is 2. The van der Waals surface area contributed by atoms with E-state index in [-0.39, 0.29) is 0 Å². The second-order valence-corrected chi connectivity index (χ2v) is 13.6. The zero-order valence-electron chi connectivity index (χ0n) is 14.3. The molecule has 2 aromatic carbocycles. The number of ether oxygens (including phenoxy) is 2. The summed E-state index contributed by atoms with van der Waals surface area (Å²) in [6.45, 7) is 4.56. The molecule has 0 saturated carbocycles. The van der Waals surface area contributed by atoms with Crippen LogP contribution < -0.4 is 18.2 Å². The first kappa shape index (κ1) is 16.2. The number of rotatable bonds is 4. The van der Waals surface area contributed by atoms with Crippen molar-refractivity contribution in [2.75, 3.05) is 14.2 Å². The molecule has 2 aromatic rings. The van der Waals surface area contributed by atoms with Gasteiger partial charge in [-0.1, -0.05) is 0 Å². The monoisotopic (exact) mass is 371 g/mol. The Bertz CT molecular complexity index is 685. The molecule has 0 unspecified atom stereocenters. The zero-order chi connectivity index (χ0) is 16.4. The molecule has 0 fully saturated rings. The maximum atomic E-state index is 5.73. The van der Waals surface area contributed by atoms with Crippen molar-refractivity contribution in [1.29, 1.82) is 0 Å². The average molecular weight is 371 g/mol. The van der Waals surface area contributed by atoms with E-state index in [1.165, 1.54) is 30.3 Å². The number of benzene rings is 2. The van der Waals surface area contributed by atoms with Crippen LogP contribution in [0.4, 0.5) is 0 Å². The Morgan fingerprint density at radius 2 is 1.09 bits per heavy atom. The Balaban J connectivity index is 2.25. The average Bonchev–Trinajstić information content (AvgIpc) is 2.90. The van der Waals surface area contributed by atoms with E-state index in [1.807, 2.05) is 0 Å². The summed E-state index contributed by atoms with van der Waals surface area (Å²) in [5, 5.41) is 2.34. The Hall–Kier alpha value is -1.66. The molecule has 1 heterocycles. The molecule has 0 bridgehead atoms. The first-order valence-electron chi connectivity index (χ1n) is 7.92.